The number of benzene rings is 1. The fourth-order valence-corrected chi connectivity index (χ4v) is 6.53. The molecule has 0 aliphatic carbocycles. The average Bonchev–Trinajstić information content (AvgIpc) is 3.57. The Labute approximate surface area is 256 Å². The number of halogens is 4. The number of nitrogens with zero attached hydrogens (tertiary/aromatic N) is 6. The number of aromatic nitrogens is 3. The second-order valence-corrected chi connectivity index (χ2v) is 12.2. The summed E-state index contributed by atoms with van der Waals surface area (Å²) >= 11 is 7.08. The van der Waals surface area contributed by atoms with E-state index in [-0.39, 0.29) is 27.8 Å². The summed E-state index contributed by atoms with van der Waals surface area (Å²) in [7, 11) is 0. The normalized spacial score (nSPS) is 18.5. The zero-order chi connectivity index (χ0) is 30.7. The van der Waals surface area contributed by atoms with E-state index >= 15 is 0 Å². The van der Waals surface area contributed by atoms with Gasteiger partial charge in [0.05, 0.1) is 28.7 Å². The summed E-state index contributed by atoms with van der Waals surface area (Å²) < 4.78 is 40.8. The average molecular weight is 640 g/mol. The first-order valence-electron chi connectivity index (χ1n) is 14.1. The van der Waals surface area contributed by atoms with Crippen molar-refractivity contribution in [2.24, 2.45) is 0 Å². The molecule has 2 saturated heterocycles. The van der Waals surface area contributed by atoms with Gasteiger partial charge in [-0.15, -0.1) is 0 Å². The molecule has 2 aliphatic rings. The topological polar surface area (TPSA) is 118 Å². The van der Waals surface area contributed by atoms with Gasteiger partial charge in [0.25, 0.3) is 5.91 Å². The van der Waals surface area contributed by atoms with Crippen molar-refractivity contribution in [1.29, 1.82) is 0 Å². The van der Waals surface area contributed by atoms with E-state index in [1.54, 1.807) is 0 Å². The molecule has 232 valence electrons. The van der Waals surface area contributed by atoms with Crippen molar-refractivity contribution in [2.45, 2.75) is 51.2 Å². The summed E-state index contributed by atoms with van der Waals surface area (Å²) in [5, 5.41) is 20.8. The Balaban J connectivity index is 1.30. The molecule has 0 bridgehead atoms. The van der Waals surface area contributed by atoms with Gasteiger partial charge in [0.1, 0.15) is 11.5 Å². The van der Waals surface area contributed by atoms with Gasteiger partial charge in [-0.05, 0) is 38.4 Å². The van der Waals surface area contributed by atoms with Crippen molar-refractivity contribution in [2.75, 3.05) is 49.5 Å². The fraction of sp³-hybridized carbons (Fsp3) is 0.500. The molecule has 4 heterocycles. The second-order valence-electron chi connectivity index (χ2n) is 10.8. The Kier molecular flexibility index (Phi) is 9.83. The van der Waals surface area contributed by atoms with Crippen LogP contribution in [-0.2, 0) is 12.7 Å². The molecule has 2 fully saturated rings. The zero-order valence-electron chi connectivity index (χ0n) is 23.5. The lowest BCUT2D eigenvalue weighted by molar-refractivity contribution is -0.137. The fourth-order valence-electron chi connectivity index (χ4n) is 5.30. The third kappa shape index (κ3) is 7.80. The van der Waals surface area contributed by atoms with Gasteiger partial charge in [0, 0.05) is 62.2 Å². The van der Waals surface area contributed by atoms with Gasteiger partial charge in [-0.25, -0.2) is 15.0 Å². The van der Waals surface area contributed by atoms with Crippen molar-refractivity contribution in [3.63, 3.8) is 0 Å². The van der Waals surface area contributed by atoms with E-state index in [4.69, 9.17) is 21.8 Å². The number of thiazole rings is 1. The van der Waals surface area contributed by atoms with Crippen LogP contribution in [0.15, 0.2) is 30.6 Å². The standard InChI is InChI=1S/C28H33ClF3N7O3S/c1-17-3-2-7-39(17)16-22-25(18-4-5-20(29)19(13-18)28(30,31)32)35-27(43-22)36-26(42)21-14-34-23(15-33-21)38-11-9-37(10-12-38)8-6-24(40)41/h4-5,13-15,17,24,40-41H,2-3,6-12,16H2,1H3,(H,35,36,42)/t17-/m1/s1. The van der Waals surface area contributed by atoms with Crippen LogP contribution in [0.1, 0.15) is 47.1 Å². The molecule has 10 nitrogen and oxygen atoms in total. The van der Waals surface area contributed by atoms with Crippen molar-refractivity contribution >= 4 is 39.8 Å². The molecule has 0 radical (unpaired) electrons. The van der Waals surface area contributed by atoms with Crippen molar-refractivity contribution in [1.82, 2.24) is 24.8 Å². The highest BCUT2D eigenvalue weighted by molar-refractivity contribution is 7.16. The van der Waals surface area contributed by atoms with Crippen molar-refractivity contribution in [3.8, 4) is 11.3 Å². The summed E-state index contributed by atoms with van der Waals surface area (Å²) in [6, 6.07) is 4.06. The number of nitrogens with one attached hydrogen (secondary N) is 1. The number of anilines is 2. The Morgan fingerprint density at radius 1 is 1.16 bits per heavy atom. The zero-order valence-corrected chi connectivity index (χ0v) is 25.1. The number of carbonyl (C=O) groups is 1. The maximum Gasteiger partial charge on any atom is 0.417 e. The number of amides is 1. The van der Waals surface area contributed by atoms with Crippen molar-refractivity contribution in [3.05, 3.63) is 51.7 Å². The minimum atomic E-state index is -4.62. The van der Waals surface area contributed by atoms with Gasteiger partial charge in [-0.2, -0.15) is 13.2 Å². The third-order valence-electron chi connectivity index (χ3n) is 7.77. The predicted octanol–water partition coefficient (Wildman–Crippen LogP) is 4.33. The number of aliphatic hydroxyl groups excluding tert-OH is 1. The van der Waals surface area contributed by atoms with E-state index in [0.29, 0.717) is 43.7 Å². The first-order chi connectivity index (χ1) is 20.5. The highest BCUT2D eigenvalue weighted by Crippen LogP contribution is 2.40. The molecule has 1 aromatic carbocycles. The van der Waals surface area contributed by atoms with E-state index in [1.165, 1.54) is 35.9 Å². The van der Waals surface area contributed by atoms with Crippen LogP contribution in [0.5, 0.6) is 0 Å². The van der Waals surface area contributed by atoms with Crippen LogP contribution < -0.4 is 10.2 Å². The number of rotatable bonds is 9. The Morgan fingerprint density at radius 2 is 1.93 bits per heavy atom. The van der Waals surface area contributed by atoms with Gasteiger partial charge >= 0.3 is 6.18 Å². The monoisotopic (exact) mass is 639 g/mol. The van der Waals surface area contributed by atoms with E-state index in [1.807, 2.05) is 4.90 Å². The summed E-state index contributed by atoms with van der Waals surface area (Å²) in [6.07, 6.45) is -0.662. The quantitative estimate of drug-likeness (QED) is 0.294. The van der Waals surface area contributed by atoms with E-state index in [0.717, 1.165) is 43.4 Å². The largest absolute Gasteiger partial charge is 0.417 e. The molecule has 3 N–H and O–H groups in total. The number of alkyl halides is 3. The van der Waals surface area contributed by atoms with Crippen LogP contribution in [0.4, 0.5) is 24.1 Å². The highest BCUT2D eigenvalue weighted by Gasteiger charge is 2.34. The molecule has 1 amide bonds. The molecular formula is C28H33ClF3N7O3S. The lowest BCUT2D eigenvalue weighted by Crippen LogP contribution is -2.47. The second kappa shape index (κ2) is 13.4. The van der Waals surface area contributed by atoms with Crippen LogP contribution in [0, 0.1) is 0 Å². The van der Waals surface area contributed by atoms with Gasteiger partial charge in [0.2, 0.25) is 0 Å². The number of hydrogen-bond acceptors (Lipinski definition) is 10. The van der Waals surface area contributed by atoms with Crippen LogP contribution in [0.2, 0.25) is 5.02 Å². The first kappa shape index (κ1) is 31.5. The molecule has 3 aromatic rings. The molecule has 0 unspecified atom stereocenters. The van der Waals surface area contributed by atoms with Crippen LogP contribution in [0.25, 0.3) is 11.3 Å². The minimum Gasteiger partial charge on any atom is -0.368 e. The van der Waals surface area contributed by atoms with Crippen LogP contribution in [-0.4, -0.2) is 92.5 Å². The van der Waals surface area contributed by atoms with Gasteiger partial charge in [0.15, 0.2) is 11.4 Å². The smallest absolute Gasteiger partial charge is 0.368 e. The van der Waals surface area contributed by atoms with E-state index < -0.39 is 23.9 Å². The van der Waals surface area contributed by atoms with E-state index in [9.17, 15) is 18.0 Å². The maximum atomic E-state index is 13.6. The van der Waals surface area contributed by atoms with Crippen molar-refractivity contribution < 1.29 is 28.2 Å². The van der Waals surface area contributed by atoms with Crippen LogP contribution in [0.3, 0.4) is 0 Å². The SMILES string of the molecule is C[C@@H]1CCCN1Cc1sc(NC(=O)c2cnc(N3CCN(CCC(O)O)CC3)cn2)nc1-c1ccc(Cl)c(C(F)(F)F)c1. The number of aliphatic hydroxyl groups is 2. The lowest BCUT2D eigenvalue weighted by Gasteiger charge is -2.35. The Hall–Kier alpha value is -2.88. The summed E-state index contributed by atoms with van der Waals surface area (Å²) in [5.41, 5.74) is -0.217. The predicted molar refractivity (Wildman–Crippen MR) is 158 cm³/mol. The molecule has 5 rings (SSSR count). The lowest BCUT2D eigenvalue weighted by atomic mass is 10.1. The van der Waals surface area contributed by atoms with Gasteiger partial charge < -0.3 is 15.1 Å². The molecule has 43 heavy (non-hydrogen) atoms. The molecule has 0 spiro atoms. The van der Waals surface area contributed by atoms with E-state index in [2.05, 4.69) is 37.0 Å². The maximum absolute atomic E-state index is 13.6. The highest BCUT2D eigenvalue weighted by atomic mass is 35.5. The van der Waals surface area contributed by atoms with Gasteiger partial charge in [-0.3, -0.25) is 19.9 Å². The summed E-state index contributed by atoms with van der Waals surface area (Å²) in [6.45, 7) is 6.92. The molecule has 0 saturated carbocycles. The molecule has 2 aliphatic heterocycles. The summed E-state index contributed by atoms with van der Waals surface area (Å²) in [4.78, 5) is 33.5. The minimum absolute atomic E-state index is 0.0802. The molecule has 15 heteroatoms. The first-order valence-corrected chi connectivity index (χ1v) is 15.2. The third-order valence-corrected chi connectivity index (χ3v) is 9.06. The molecule has 1 atom stereocenters. The number of piperazine rings is 1. The number of likely N-dealkylation sites (tertiary alicyclic amines) is 1. The van der Waals surface area contributed by atoms with Gasteiger partial charge in [-0.1, -0.05) is 29.0 Å². The number of hydrogen-bond donors (Lipinski definition) is 3. The molecular weight excluding hydrogens is 607 g/mol. The Bertz CT molecular complexity index is 1420. The number of carbonyl (C=O) groups excluding carboxylic acids is 1. The summed E-state index contributed by atoms with van der Waals surface area (Å²) in [5.74, 6) is 0.0973. The van der Waals surface area contributed by atoms with Crippen LogP contribution >= 0.6 is 22.9 Å². The molecule has 2 aromatic heterocycles. The Morgan fingerprint density at radius 3 is 2.56 bits per heavy atom.